The van der Waals surface area contributed by atoms with Gasteiger partial charge in [0.25, 0.3) is 0 Å². The highest BCUT2D eigenvalue weighted by Crippen LogP contribution is 2.26. The summed E-state index contributed by atoms with van der Waals surface area (Å²) in [6.07, 6.45) is 3.09. The SMILES string of the molecule is COC(=O)COc1ccc(NC(=O)/C=C/c2ccc(OC)cc2OC)c(C)c1. The molecular weight excluding hydrogens is 362 g/mol. The van der Waals surface area contributed by atoms with Crippen LogP contribution in [0.15, 0.2) is 42.5 Å². The second-order valence-corrected chi connectivity index (χ2v) is 5.77. The second kappa shape index (κ2) is 10.0. The van der Waals surface area contributed by atoms with Crippen LogP contribution >= 0.6 is 0 Å². The lowest BCUT2D eigenvalue weighted by atomic mass is 10.1. The number of hydrogen-bond acceptors (Lipinski definition) is 6. The van der Waals surface area contributed by atoms with Crippen LogP contribution in [0, 0.1) is 6.92 Å². The molecule has 0 saturated heterocycles. The topological polar surface area (TPSA) is 83.1 Å². The Morgan fingerprint density at radius 1 is 1.00 bits per heavy atom. The molecule has 2 rings (SSSR count). The van der Waals surface area contributed by atoms with Crippen molar-refractivity contribution in [2.75, 3.05) is 33.3 Å². The molecule has 0 spiro atoms. The van der Waals surface area contributed by atoms with Crippen LogP contribution in [0.4, 0.5) is 5.69 Å². The Morgan fingerprint density at radius 2 is 1.75 bits per heavy atom. The average molecular weight is 385 g/mol. The maximum atomic E-state index is 12.2. The van der Waals surface area contributed by atoms with Crippen LogP contribution in [0.5, 0.6) is 17.2 Å². The summed E-state index contributed by atoms with van der Waals surface area (Å²) < 4.78 is 20.3. The predicted molar refractivity (Wildman–Crippen MR) is 106 cm³/mol. The van der Waals surface area contributed by atoms with Gasteiger partial charge in [0.05, 0.1) is 21.3 Å². The second-order valence-electron chi connectivity index (χ2n) is 5.77. The standard InChI is InChI=1S/C21H23NO6/c1-14-11-17(28-13-21(24)27-4)8-9-18(14)22-20(23)10-6-15-5-7-16(25-2)12-19(15)26-3/h5-12H,13H2,1-4H3,(H,22,23)/b10-6+. The van der Waals surface area contributed by atoms with Crippen LogP contribution < -0.4 is 19.5 Å². The van der Waals surface area contributed by atoms with E-state index < -0.39 is 5.97 Å². The van der Waals surface area contributed by atoms with Crippen molar-refractivity contribution in [2.24, 2.45) is 0 Å². The fourth-order valence-corrected chi connectivity index (χ4v) is 2.36. The fourth-order valence-electron chi connectivity index (χ4n) is 2.36. The minimum atomic E-state index is -0.464. The fraction of sp³-hybridized carbons (Fsp3) is 0.238. The third-order valence-electron chi connectivity index (χ3n) is 3.90. The maximum absolute atomic E-state index is 12.2. The number of carbonyl (C=O) groups excluding carboxylic acids is 2. The van der Waals surface area contributed by atoms with Crippen molar-refractivity contribution in [3.05, 3.63) is 53.6 Å². The van der Waals surface area contributed by atoms with E-state index in [0.29, 0.717) is 22.9 Å². The highest BCUT2D eigenvalue weighted by Gasteiger charge is 2.07. The molecule has 0 aromatic heterocycles. The zero-order chi connectivity index (χ0) is 20.5. The summed E-state index contributed by atoms with van der Waals surface area (Å²) in [6.45, 7) is 1.66. The van der Waals surface area contributed by atoms with Gasteiger partial charge in [-0.05, 0) is 48.9 Å². The lowest BCUT2D eigenvalue weighted by Gasteiger charge is -2.10. The van der Waals surface area contributed by atoms with Gasteiger partial charge in [0, 0.05) is 23.4 Å². The van der Waals surface area contributed by atoms with E-state index >= 15 is 0 Å². The number of esters is 1. The van der Waals surface area contributed by atoms with E-state index in [2.05, 4.69) is 10.1 Å². The Labute approximate surface area is 163 Å². The number of benzene rings is 2. The van der Waals surface area contributed by atoms with Crippen molar-refractivity contribution in [1.82, 2.24) is 0 Å². The van der Waals surface area contributed by atoms with Gasteiger partial charge in [-0.25, -0.2) is 4.79 Å². The Hall–Kier alpha value is -3.48. The molecular formula is C21H23NO6. The molecule has 1 N–H and O–H groups in total. The molecule has 0 atom stereocenters. The lowest BCUT2D eigenvalue weighted by molar-refractivity contribution is -0.142. The van der Waals surface area contributed by atoms with E-state index in [0.717, 1.165) is 11.1 Å². The van der Waals surface area contributed by atoms with Crippen molar-refractivity contribution < 1.29 is 28.5 Å². The molecule has 0 fully saturated rings. The minimum absolute atomic E-state index is 0.173. The molecule has 0 heterocycles. The van der Waals surface area contributed by atoms with Gasteiger partial charge in [0.1, 0.15) is 17.2 Å². The summed E-state index contributed by atoms with van der Waals surface area (Å²) in [4.78, 5) is 23.4. The average Bonchev–Trinajstić information content (AvgIpc) is 2.71. The van der Waals surface area contributed by atoms with Gasteiger partial charge in [-0.15, -0.1) is 0 Å². The summed E-state index contributed by atoms with van der Waals surface area (Å²) in [5.74, 6) is 1.04. The van der Waals surface area contributed by atoms with Gasteiger partial charge >= 0.3 is 5.97 Å². The molecule has 28 heavy (non-hydrogen) atoms. The number of amides is 1. The molecule has 0 radical (unpaired) electrons. The molecule has 1 amide bonds. The number of rotatable bonds is 8. The van der Waals surface area contributed by atoms with Crippen molar-refractivity contribution in [3.8, 4) is 17.2 Å². The van der Waals surface area contributed by atoms with Crippen molar-refractivity contribution in [1.29, 1.82) is 0 Å². The zero-order valence-corrected chi connectivity index (χ0v) is 16.3. The van der Waals surface area contributed by atoms with E-state index in [-0.39, 0.29) is 12.5 Å². The molecule has 148 valence electrons. The molecule has 0 bridgehead atoms. The molecule has 0 saturated carbocycles. The zero-order valence-electron chi connectivity index (χ0n) is 16.3. The molecule has 0 aliphatic carbocycles. The third-order valence-corrected chi connectivity index (χ3v) is 3.90. The van der Waals surface area contributed by atoms with Crippen molar-refractivity contribution in [2.45, 2.75) is 6.92 Å². The molecule has 0 aliphatic rings. The normalized spacial score (nSPS) is 10.4. The molecule has 7 nitrogen and oxygen atoms in total. The van der Waals surface area contributed by atoms with Crippen LogP contribution in [0.3, 0.4) is 0 Å². The highest BCUT2D eigenvalue weighted by atomic mass is 16.6. The molecule has 7 heteroatoms. The first-order chi connectivity index (χ1) is 13.5. The highest BCUT2D eigenvalue weighted by molar-refractivity contribution is 6.02. The van der Waals surface area contributed by atoms with Gasteiger partial charge in [0.15, 0.2) is 6.61 Å². The van der Waals surface area contributed by atoms with Gasteiger partial charge in [0.2, 0.25) is 5.91 Å². The van der Waals surface area contributed by atoms with Crippen LogP contribution in [-0.2, 0) is 14.3 Å². The van der Waals surface area contributed by atoms with Crippen LogP contribution in [0.1, 0.15) is 11.1 Å². The number of nitrogens with one attached hydrogen (secondary N) is 1. The molecule has 0 aliphatic heterocycles. The number of ether oxygens (including phenoxy) is 4. The Morgan fingerprint density at radius 3 is 2.39 bits per heavy atom. The van der Waals surface area contributed by atoms with E-state index in [1.54, 1.807) is 56.7 Å². The molecule has 2 aromatic carbocycles. The van der Waals surface area contributed by atoms with E-state index in [1.165, 1.54) is 13.2 Å². The van der Waals surface area contributed by atoms with Crippen LogP contribution in [-0.4, -0.2) is 39.8 Å². The Balaban J connectivity index is 2.03. The smallest absolute Gasteiger partial charge is 0.343 e. The first kappa shape index (κ1) is 20.8. The van der Waals surface area contributed by atoms with Gasteiger partial charge in [-0.2, -0.15) is 0 Å². The van der Waals surface area contributed by atoms with E-state index in [1.807, 2.05) is 6.92 Å². The molecule has 0 unspecified atom stereocenters. The third kappa shape index (κ3) is 5.77. The Bertz CT molecular complexity index is 875. The molecule has 2 aromatic rings. The summed E-state index contributed by atoms with van der Waals surface area (Å²) >= 11 is 0. The summed E-state index contributed by atoms with van der Waals surface area (Å²) in [5.41, 5.74) is 2.19. The van der Waals surface area contributed by atoms with E-state index in [9.17, 15) is 9.59 Å². The van der Waals surface area contributed by atoms with Crippen LogP contribution in [0.25, 0.3) is 6.08 Å². The van der Waals surface area contributed by atoms with E-state index in [4.69, 9.17) is 14.2 Å². The number of anilines is 1. The number of methoxy groups -OCH3 is 3. The summed E-state index contributed by atoms with van der Waals surface area (Å²) in [6, 6.07) is 10.4. The van der Waals surface area contributed by atoms with Gasteiger partial charge in [-0.3, -0.25) is 4.79 Å². The number of hydrogen-bond donors (Lipinski definition) is 1. The number of aryl methyl sites for hydroxylation is 1. The largest absolute Gasteiger partial charge is 0.497 e. The first-order valence-electron chi connectivity index (χ1n) is 8.48. The van der Waals surface area contributed by atoms with Gasteiger partial charge < -0.3 is 24.3 Å². The predicted octanol–water partition coefficient (Wildman–Crippen LogP) is 3.22. The lowest BCUT2D eigenvalue weighted by Crippen LogP contribution is -2.13. The quantitative estimate of drug-likeness (QED) is 0.555. The number of carbonyl (C=O) groups is 2. The van der Waals surface area contributed by atoms with Crippen LogP contribution in [0.2, 0.25) is 0 Å². The summed E-state index contributed by atoms with van der Waals surface area (Å²) in [5, 5.41) is 2.81. The Kier molecular flexibility index (Phi) is 7.45. The van der Waals surface area contributed by atoms with Gasteiger partial charge in [-0.1, -0.05) is 0 Å². The first-order valence-corrected chi connectivity index (χ1v) is 8.48. The maximum Gasteiger partial charge on any atom is 0.343 e. The van der Waals surface area contributed by atoms with Crippen molar-refractivity contribution >= 4 is 23.6 Å². The van der Waals surface area contributed by atoms with Crippen molar-refractivity contribution in [3.63, 3.8) is 0 Å². The summed E-state index contributed by atoms with van der Waals surface area (Å²) in [7, 11) is 4.43. The minimum Gasteiger partial charge on any atom is -0.497 e. The monoisotopic (exact) mass is 385 g/mol.